The number of methoxy groups -OCH3 is 1. The Balaban J connectivity index is 1.75. The summed E-state index contributed by atoms with van der Waals surface area (Å²) in [5.74, 6) is 1.25. The lowest BCUT2D eigenvalue weighted by Crippen LogP contribution is -2.41. The minimum Gasteiger partial charge on any atom is -0.497 e. The standard InChI is InChI=1S/C22H26N2O4/c1-14(2)24-13-17-12-18(8-9-20(17)28-15(3)22(24)26)23-21(25)11-16-6-5-7-19(10-16)27-4/h5-10,12,14-15H,11,13H2,1-4H3,(H,23,25)/t15-/m0/s1. The molecule has 6 nitrogen and oxygen atoms in total. The normalized spacial score (nSPS) is 16.2. The van der Waals surface area contributed by atoms with Crippen molar-refractivity contribution in [2.24, 2.45) is 0 Å². The fraction of sp³-hybridized carbons (Fsp3) is 0.364. The second-order valence-corrected chi connectivity index (χ2v) is 7.22. The van der Waals surface area contributed by atoms with Crippen LogP contribution in [0, 0.1) is 0 Å². The lowest BCUT2D eigenvalue weighted by atomic mass is 10.1. The number of nitrogens with zero attached hydrogens (tertiary/aromatic N) is 1. The highest BCUT2D eigenvalue weighted by Crippen LogP contribution is 2.29. The molecular weight excluding hydrogens is 356 g/mol. The van der Waals surface area contributed by atoms with Crippen molar-refractivity contribution < 1.29 is 19.1 Å². The number of nitrogens with one attached hydrogen (secondary N) is 1. The van der Waals surface area contributed by atoms with Crippen molar-refractivity contribution in [2.45, 2.75) is 45.9 Å². The number of amides is 2. The average Bonchev–Trinajstić information content (AvgIpc) is 2.78. The van der Waals surface area contributed by atoms with Gasteiger partial charge in [-0.2, -0.15) is 0 Å². The maximum Gasteiger partial charge on any atom is 0.263 e. The van der Waals surface area contributed by atoms with E-state index in [1.807, 2.05) is 50.2 Å². The number of rotatable bonds is 5. The average molecular weight is 382 g/mol. The highest BCUT2D eigenvalue weighted by molar-refractivity contribution is 5.92. The molecule has 6 heteroatoms. The lowest BCUT2D eigenvalue weighted by molar-refractivity contribution is -0.139. The van der Waals surface area contributed by atoms with Gasteiger partial charge in [0.25, 0.3) is 5.91 Å². The van der Waals surface area contributed by atoms with Crippen molar-refractivity contribution in [1.82, 2.24) is 4.90 Å². The zero-order chi connectivity index (χ0) is 20.3. The Hall–Kier alpha value is -3.02. The SMILES string of the molecule is COc1cccc(CC(=O)Nc2ccc3c(c2)CN(C(C)C)C(=O)[C@H](C)O3)c1. The first-order chi connectivity index (χ1) is 13.4. The van der Waals surface area contributed by atoms with E-state index in [0.29, 0.717) is 18.0 Å². The number of hydrogen-bond acceptors (Lipinski definition) is 4. The maximum absolute atomic E-state index is 12.5. The highest BCUT2D eigenvalue weighted by atomic mass is 16.5. The third-order valence-electron chi connectivity index (χ3n) is 4.74. The summed E-state index contributed by atoms with van der Waals surface area (Å²) >= 11 is 0. The van der Waals surface area contributed by atoms with Gasteiger partial charge in [0.1, 0.15) is 11.5 Å². The number of fused-ring (bicyclic) bond motifs is 1. The number of carbonyl (C=O) groups excluding carboxylic acids is 2. The van der Waals surface area contributed by atoms with Crippen molar-refractivity contribution >= 4 is 17.5 Å². The molecule has 1 atom stereocenters. The summed E-state index contributed by atoms with van der Waals surface area (Å²) in [4.78, 5) is 26.7. The molecule has 0 aromatic heterocycles. The predicted molar refractivity (Wildman–Crippen MR) is 108 cm³/mol. The van der Waals surface area contributed by atoms with E-state index in [9.17, 15) is 9.59 Å². The molecule has 28 heavy (non-hydrogen) atoms. The lowest BCUT2D eigenvalue weighted by Gasteiger charge is -2.26. The van der Waals surface area contributed by atoms with Crippen LogP contribution in [0.5, 0.6) is 11.5 Å². The molecule has 0 radical (unpaired) electrons. The van der Waals surface area contributed by atoms with E-state index >= 15 is 0 Å². The van der Waals surface area contributed by atoms with Crippen LogP contribution in [0.15, 0.2) is 42.5 Å². The molecule has 1 N–H and O–H groups in total. The van der Waals surface area contributed by atoms with Gasteiger partial charge in [0.2, 0.25) is 5.91 Å². The first-order valence-electron chi connectivity index (χ1n) is 9.40. The largest absolute Gasteiger partial charge is 0.497 e. The summed E-state index contributed by atoms with van der Waals surface area (Å²) in [7, 11) is 1.60. The van der Waals surface area contributed by atoms with Crippen molar-refractivity contribution in [3.8, 4) is 11.5 Å². The fourth-order valence-corrected chi connectivity index (χ4v) is 3.24. The minimum absolute atomic E-state index is 0.0326. The Labute approximate surface area is 165 Å². The summed E-state index contributed by atoms with van der Waals surface area (Å²) in [5, 5.41) is 2.93. The van der Waals surface area contributed by atoms with Crippen LogP contribution in [0.25, 0.3) is 0 Å². The Bertz CT molecular complexity index is 879. The molecule has 0 saturated heterocycles. The zero-order valence-corrected chi connectivity index (χ0v) is 16.7. The molecule has 0 saturated carbocycles. The van der Waals surface area contributed by atoms with Crippen LogP contribution in [0.4, 0.5) is 5.69 Å². The van der Waals surface area contributed by atoms with Gasteiger partial charge in [0, 0.05) is 23.8 Å². The molecule has 1 aliphatic rings. The van der Waals surface area contributed by atoms with Crippen LogP contribution in [-0.4, -0.2) is 36.0 Å². The summed E-state index contributed by atoms with van der Waals surface area (Å²) < 4.78 is 11.0. The molecule has 1 aliphatic heterocycles. The van der Waals surface area contributed by atoms with Crippen LogP contribution in [0.2, 0.25) is 0 Å². The van der Waals surface area contributed by atoms with Gasteiger partial charge in [-0.3, -0.25) is 9.59 Å². The molecular formula is C22H26N2O4. The fourth-order valence-electron chi connectivity index (χ4n) is 3.24. The van der Waals surface area contributed by atoms with Gasteiger partial charge in [0.15, 0.2) is 6.10 Å². The van der Waals surface area contributed by atoms with Crippen LogP contribution in [-0.2, 0) is 22.6 Å². The van der Waals surface area contributed by atoms with E-state index in [4.69, 9.17) is 9.47 Å². The summed E-state index contributed by atoms with van der Waals surface area (Å²) in [6, 6.07) is 13.0. The van der Waals surface area contributed by atoms with Crippen molar-refractivity contribution in [3.63, 3.8) is 0 Å². The summed E-state index contributed by atoms with van der Waals surface area (Å²) in [6.07, 6.45) is -0.282. The van der Waals surface area contributed by atoms with Gasteiger partial charge in [-0.15, -0.1) is 0 Å². The Morgan fingerprint density at radius 2 is 2.07 bits per heavy atom. The molecule has 2 aromatic rings. The molecule has 0 bridgehead atoms. The number of hydrogen-bond donors (Lipinski definition) is 1. The first-order valence-corrected chi connectivity index (χ1v) is 9.40. The van der Waals surface area contributed by atoms with Crippen LogP contribution in [0.1, 0.15) is 31.9 Å². The second-order valence-electron chi connectivity index (χ2n) is 7.22. The van der Waals surface area contributed by atoms with Gasteiger partial charge >= 0.3 is 0 Å². The molecule has 0 spiro atoms. The molecule has 3 rings (SSSR count). The minimum atomic E-state index is -0.530. The quantitative estimate of drug-likeness (QED) is 0.861. The molecule has 0 fully saturated rings. The molecule has 2 aromatic carbocycles. The molecule has 2 amide bonds. The van der Waals surface area contributed by atoms with Crippen LogP contribution in [0.3, 0.4) is 0 Å². The smallest absolute Gasteiger partial charge is 0.263 e. The van der Waals surface area contributed by atoms with Crippen LogP contribution >= 0.6 is 0 Å². The Morgan fingerprint density at radius 3 is 2.79 bits per heavy atom. The van der Waals surface area contributed by atoms with E-state index in [-0.39, 0.29) is 24.3 Å². The van der Waals surface area contributed by atoms with E-state index in [0.717, 1.165) is 16.9 Å². The Kier molecular flexibility index (Phi) is 5.87. The van der Waals surface area contributed by atoms with E-state index in [1.165, 1.54) is 0 Å². The van der Waals surface area contributed by atoms with Gasteiger partial charge in [-0.25, -0.2) is 0 Å². The van der Waals surface area contributed by atoms with Gasteiger partial charge in [0.05, 0.1) is 13.5 Å². The summed E-state index contributed by atoms with van der Waals surface area (Å²) in [5.41, 5.74) is 2.44. The van der Waals surface area contributed by atoms with Crippen molar-refractivity contribution in [3.05, 3.63) is 53.6 Å². The number of anilines is 1. The van der Waals surface area contributed by atoms with E-state index < -0.39 is 6.10 Å². The third-order valence-corrected chi connectivity index (χ3v) is 4.74. The predicted octanol–water partition coefficient (Wildman–Crippen LogP) is 3.39. The summed E-state index contributed by atoms with van der Waals surface area (Å²) in [6.45, 7) is 6.18. The zero-order valence-electron chi connectivity index (χ0n) is 16.7. The third kappa shape index (κ3) is 4.44. The Morgan fingerprint density at radius 1 is 1.29 bits per heavy atom. The molecule has 148 valence electrons. The van der Waals surface area contributed by atoms with Crippen molar-refractivity contribution in [2.75, 3.05) is 12.4 Å². The topological polar surface area (TPSA) is 67.9 Å². The first kappa shape index (κ1) is 19.7. The van der Waals surface area contributed by atoms with E-state index in [2.05, 4.69) is 5.32 Å². The van der Waals surface area contributed by atoms with E-state index in [1.54, 1.807) is 25.0 Å². The second kappa shape index (κ2) is 8.33. The molecule has 0 unspecified atom stereocenters. The van der Waals surface area contributed by atoms with Gasteiger partial charge in [-0.05, 0) is 56.7 Å². The van der Waals surface area contributed by atoms with Crippen LogP contribution < -0.4 is 14.8 Å². The molecule has 0 aliphatic carbocycles. The number of carbonyl (C=O) groups is 2. The number of benzene rings is 2. The maximum atomic E-state index is 12.5. The monoisotopic (exact) mass is 382 g/mol. The molecule has 1 heterocycles. The van der Waals surface area contributed by atoms with Gasteiger partial charge < -0.3 is 19.7 Å². The van der Waals surface area contributed by atoms with Gasteiger partial charge in [-0.1, -0.05) is 12.1 Å². The van der Waals surface area contributed by atoms with Crippen molar-refractivity contribution in [1.29, 1.82) is 0 Å². The number of ether oxygens (including phenoxy) is 2. The highest BCUT2D eigenvalue weighted by Gasteiger charge is 2.29.